The third-order valence-corrected chi connectivity index (χ3v) is 6.48. The number of carbonyl (C=O) groups excluding carboxylic acids is 1. The summed E-state index contributed by atoms with van der Waals surface area (Å²) in [4.78, 5) is 22.8. The van der Waals surface area contributed by atoms with Crippen molar-refractivity contribution in [1.29, 1.82) is 0 Å². The molecule has 0 aliphatic carbocycles. The third kappa shape index (κ3) is 3.23. The zero-order chi connectivity index (χ0) is 18.3. The second-order valence-corrected chi connectivity index (χ2v) is 8.71. The number of aryl methyl sites for hydroxylation is 2. The monoisotopic (exact) mass is 371 g/mol. The summed E-state index contributed by atoms with van der Waals surface area (Å²) in [5, 5.41) is 0.936. The smallest absolute Gasteiger partial charge is 0.266 e. The van der Waals surface area contributed by atoms with Crippen LogP contribution >= 0.6 is 11.3 Å². The molecule has 1 saturated heterocycles. The first kappa shape index (κ1) is 17.5. The van der Waals surface area contributed by atoms with Crippen LogP contribution in [0.2, 0.25) is 0 Å². The topological polar surface area (TPSA) is 45.7 Å². The standard InChI is InChI=1S/C20H25N3O2S/c1-14-18(26-15(2)21-14)19(24)23-12-16-6-4-5-7-17(16)25-20(13-23)8-10-22(3)11-9-20/h4-7H,8-13H2,1-3H3. The molecule has 0 N–H and O–H groups in total. The fourth-order valence-electron chi connectivity index (χ4n) is 3.91. The summed E-state index contributed by atoms with van der Waals surface area (Å²) in [5.41, 5.74) is 1.60. The zero-order valence-electron chi connectivity index (χ0n) is 15.6. The number of hydrogen-bond acceptors (Lipinski definition) is 5. The van der Waals surface area contributed by atoms with Gasteiger partial charge in [0.25, 0.3) is 5.91 Å². The number of nitrogens with zero attached hydrogens (tertiary/aromatic N) is 3. The SMILES string of the molecule is Cc1nc(C)c(C(=O)N2Cc3ccccc3OC3(CCN(C)CC3)C2)s1. The molecule has 1 aromatic carbocycles. The van der Waals surface area contributed by atoms with Gasteiger partial charge in [-0.2, -0.15) is 0 Å². The van der Waals surface area contributed by atoms with E-state index in [9.17, 15) is 4.79 Å². The lowest BCUT2D eigenvalue weighted by Crippen LogP contribution is -2.53. The van der Waals surface area contributed by atoms with Crippen LogP contribution in [0.4, 0.5) is 0 Å². The molecule has 2 aromatic rings. The third-order valence-electron chi connectivity index (χ3n) is 5.42. The van der Waals surface area contributed by atoms with Gasteiger partial charge in [-0.25, -0.2) is 4.98 Å². The molecule has 0 bridgehead atoms. The van der Waals surface area contributed by atoms with Crippen LogP contribution in [0.1, 0.15) is 38.8 Å². The molecule has 26 heavy (non-hydrogen) atoms. The van der Waals surface area contributed by atoms with E-state index in [2.05, 4.69) is 23.0 Å². The largest absolute Gasteiger partial charge is 0.485 e. The molecule has 3 heterocycles. The highest BCUT2D eigenvalue weighted by Crippen LogP contribution is 2.36. The highest BCUT2D eigenvalue weighted by molar-refractivity contribution is 7.13. The van der Waals surface area contributed by atoms with Gasteiger partial charge in [0.1, 0.15) is 16.2 Å². The Labute approximate surface area is 158 Å². The number of benzene rings is 1. The van der Waals surface area contributed by atoms with Gasteiger partial charge in [0.15, 0.2) is 0 Å². The summed E-state index contributed by atoms with van der Waals surface area (Å²) in [5.74, 6) is 0.997. The van der Waals surface area contributed by atoms with E-state index in [0.717, 1.165) is 52.8 Å². The van der Waals surface area contributed by atoms with Crippen molar-refractivity contribution < 1.29 is 9.53 Å². The Morgan fingerprint density at radius 3 is 2.65 bits per heavy atom. The predicted octanol–water partition coefficient (Wildman–Crippen LogP) is 3.26. The quantitative estimate of drug-likeness (QED) is 0.772. The molecule has 6 heteroatoms. The molecule has 1 amide bonds. The van der Waals surface area contributed by atoms with E-state index in [4.69, 9.17) is 4.74 Å². The molecular weight excluding hydrogens is 346 g/mol. The van der Waals surface area contributed by atoms with Crippen LogP contribution in [-0.2, 0) is 6.54 Å². The molecular formula is C20H25N3O2S. The maximum atomic E-state index is 13.3. The normalized spacial score (nSPS) is 19.7. The fourth-order valence-corrected chi connectivity index (χ4v) is 4.80. The zero-order valence-corrected chi connectivity index (χ0v) is 16.4. The minimum atomic E-state index is -0.303. The van der Waals surface area contributed by atoms with Crippen molar-refractivity contribution in [3.63, 3.8) is 0 Å². The van der Waals surface area contributed by atoms with E-state index in [1.165, 1.54) is 11.3 Å². The Kier molecular flexibility index (Phi) is 4.49. The summed E-state index contributed by atoms with van der Waals surface area (Å²) in [6.45, 7) is 7.07. The van der Waals surface area contributed by atoms with Gasteiger partial charge < -0.3 is 14.5 Å². The number of para-hydroxylation sites is 1. The van der Waals surface area contributed by atoms with Crippen LogP contribution in [0.15, 0.2) is 24.3 Å². The maximum absolute atomic E-state index is 13.3. The molecule has 138 valence electrons. The van der Waals surface area contributed by atoms with Gasteiger partial charge >= 0.3 is 0 Å². The minimum absolute atomic E-state index is 0.0757. The first-order valence-electron chi connectivity index (χ1n) is 9.15. The lowest BCUT2D eigenvalue weighted by molar-refractivity contribution is -0.0102. The van der Waals surface area contributed by atoms with Crippen LogP contribution in [0.3, 0.4) is 0 Å². The fraction of sp³-hybridized carbons (Fsp3) is 0.500. The highest BCUT2D eigenvalue weighted by atomic mass is 32.1. The molecule has 2 aliphatic heterocycles. The molecule has 5 nitrogen and oxygen atoms in total. The molecule has 0 atom stereocenters. The van der Waals surface area contributed by atoms with Gasteiger partial charge in [-0.1, -0.05) is 18.2 Å². The van der Waals surface area contributed by atoms with Crippen LogP contribution in [0, 0.1) is 13.8 Å². The van der Waals surface area contributed by atoms with Gasteiger partial charge in [0.2, 0.25) is 0 Å². The molecule has 1 spiro atoms. The van der Waals surface area contributed by atoms with E-state index in [-0.39, 0.29) is 11.5 Å². The van der Waals surface area contributed by atoms with Crippen molar-refractivity contribution in [2.24, 2.45) is 0 Å². The summed E-state index contributed by atoms with van der Waals surface area (Å²) in [7, 11) is 2.14. The van der Waals surface area contributed by atoms with Crippen molar-refractivity contribution in [2.75, 3.05) is 26.7 Å². The van der Waals surface area contributed by atoms with Crippen LogP contribution in [0.5, 0.6) is 5.75 Å². The number of aromatic nitrogens is 1. The Balaban J connectivity index is 1.70. The Morgan fingerprint density at radius 2 is 1.96 bits per heavy atom. The minimum Gasteiger partial charge on any atom is -0.485 e. The summed E-state index contributed by atoms with van der Waals surface area (Å²) >= 11 is 1.49. The molecule has 1 fully saturated rings. The van der Waals surface area contributed by atoms with E-state index < -0.39 is 0 Å². The average Bonchev–Trinajstić information content (AvgIpc) is 2.87. The maximum Gasteiger partial charge on any atom is 0.266 e. The second-order valence-electron chi connectivity index (χ2n) is 7.50. The lowest BCUT2D eigenvalue weighted by atomic mass is 9.90. The Bertz CT molecular complexity index is 824. The number of rotatable bonds is 1. The lowest BCUT2D eigenvalue weighted by Gasteiger charge is -2.41. The van der Waals surface area contributed by atoms with E-state index in [1.54, 1.807) is 0 Å². The molecule has 2 aliphatic rings. The second kappa shape index (κ2) is 6.67. The first-order valence-corrected chi connectivity index (χ1v) is 9.96. The van der Waals surface area contributed by atoms with Gasteiger partial charge in [-0.15, -0.1) is 11.3 Å². The van der Waals surface area contributed by atoms with E-state index in [0.29, 0.717) is 13.1 Å². The van der Waals surface area contributed by atoms with Gasteiger partial charge in [-0.3, -0.25) is 4.79 Å². The number of ether oxygens (including phenoxy) is 1. The number of amides is 1. The summed E-state index contributed by atoms with van der Waals surface area (Å²) < 4.78 is 6.55. The van der Waals surface area contributed by atoms with Gasteiger partial charge in [0, 0.05) is 38.0 Å². The molecule has 1 aromatic heterocycles. The van der Waals surface area contributed by atoms with Gasteiger partial charge in [0.05, 0.1) is 17.2 Å². The first-order chi connectivity index (χ1) is 12.5. The predicted molar refractivity (Wildman–Crippen MR) is 103 cm³/mol. The van der Waals surface area contributed by atoms with Crippen LogP contribution in [0.25, 0.3) is 0 Å². The van der Waals surface area contributed by atoms with Gasteiger partial charge in [-0.05, 0) is 27.0 Å². The summed E-state index contributed by atoms with van der Waals surface area (Å²) in [6.07, 6.45) is 1.87. The van der Waals surface area contributed by atoms with E-state index >= 15 is 0 Å². The van der Waals surface area contributed by atoms with Crippen molar-refractivity contribution >= 4 is 17.2 Å². The van der Waals surface area contributed by atoms with Crippen molar-refractivity contribution in [2.45, 2.75) is 38.8 Å². The Hall–Kier alpha value is -1.92. The number of carbonyl (C=O) groups is 1. The average molecular weight is 372 g/mol. The van der Waals surface area contributed by atoms with Crippen LogP contribution in [-0.4, -0.2) is 53.0 Å². The van der Waals surface area contributed by atoms with Crippen LogP contribution < -0.4 is 4.74 Å². The highest BCUT2D eigenvalue weighted by Gasteiger charge is 2.41. The van der Waals surface area contributed by atoms with E-state index in [1.807, 2.05) is 36.9 Å². The van der Waals surface area contributed by atoms with Crippen molar-refractivity contribution in [3.8, 4) is 5.75 Å². The molecule has 0 radical (unpaired) electrons. The Morgan fingerprint density at radius 1 is 1.23 bits per heavy atom. The number of fused-ring (bicyclic) bond motifs is 1. The molecule has 0 unspecified atom stereocenters. The number of thiazole rings is 1. The number of hydrogen-bond donors (Lipinski definition) is 0. The molecule has 4 rings (SSSR count). The number of likely N-dealkylation sites (tertiary alicyclic amines) is 1. The van der Waals surface area contributed by atoms with Crippen molar-refractivity contribution in [3.05, 3.63) is 45.4 Å². The van der Waals surface area contributed by atoms with Crippen molar-refractivity contribution in [1.82, 2.24) is 14.8 Å². The summed E-state index contributed by atoms with van der Waals surface area (Å²) in [6, 6.07) is 8.12. The molecule has 0 saturated carbocycles. The number of piperidine rings is 1.